The van der Waals surface area contributed by atoms with Crippen molar-refractivity contribution in [2.24, 2.45) is 0 Å². The molecule has 2 rings (SSSR count). The quantitative estimate of drug-likeness (QED) is 0.647. The number of thiazole rings is 1. The number of nitrogens with zero attached hydrogens (tertiary/aromatic N) is 3. The first-order valence-electron chi connectivity index (χ1n) is 5.23. The maximum atomic E-state index is 10.7. The monoisotopic (exact) mass is 372 g/mol. The smallest absolute Gasteiger partial charge is 0.272 e. The van der Waals surface area contributed by atoms with Crippen LogP contribution in [-0.2, 0) is 6.54 Å². The molecule has 0 saturated carbocycles. The number of hydrogen-bond acceptors (Lipinski definition) is 6. The summed E-state index contributed by atoms with van der Waals surface area (Å²) < 4.78 is 0.893. The van der Waals surface area contributed by atoms with Gasteiger partial charge in [-0.2, -0.15) is 5.26 Å². The van der Waals surface area contributed by atoms with Crippen molar-refractivity contribution in [2.75, 3.05) is 5.32 Å². The summed E-state index contributed by atoms with van der Waals surface area (Å²) in [5, 5.41) is 22.9. The zero-order chi connectivity index (χ0) is 14.7. The molecule has 9 heteroatoms. The Morgan fingerprint density at radius 1 is 1.60 bits per heavy atom. The zero-order valence-electron chi connectivity index (χ0n) is 9.76. The molecule has 0 unspecified atom stereocenters. The van der Waals surface area contributed by atoms with Crippen LogP contribution in [0.3, 0.4) is 0 Å². The van der Waals surface area contributed by atoms with E-state index in [9.17, 15) is 10.1 Å². The van der Waals surface area contributed by atoms with Crippen LogP contribution in [0.5, 0.6) is 0 Å². The van der Waals surface area contributed by atoms with E-state index in [4.69, 9.17) is 16.9 Å². The molecule has 0 atom stereocenters. The number of anilines is 1. The number of rotatable bonds is 4. The minimum absolute atomic E-state index is 0.139. The Morgan fingerprint density at radius 2 is 2.35 bits per heavy atom. The molecule has 0 spiro atoms. The van der Waals surface area contributed by atoms with E-state index in [0.29, 0.717) is 21.2 Å². The van der Waals surface area contributed by atoms with Crippen LogP contribution in [0.4, 0.5) is 11.4 Å². The van der Waals surface area contributed by atoms with E-state index in [0.717, 1.165) is 4.88 Å². The third-order valence-electron chi connectivity index (χ3n) is 2.37. The lowest BCUT2D eigenvalue weighted by Crippen LogP contribution is -2.02. The normalized spacial score (nSPS) is 10.1. The number of nitriles is 1. The average molecular weight is 374 g/mol. The lowest BCUT2D eigenvalue weighted by Gasteiger charge is -2.09. The molecular formula is C11H6BrClN4O2S. The van der Waals surface area contributed by atoms with Crippen LogP contribution in [-0.4, -0.2) is 9.91 Å². The summed E-state index contributed by atoms with van der Waals surface area (Å²) in [7, 11) is 0. The SMILES string of the molecule is N#Cc1cc([N+](=O)[O-])cc(Br)c1NCc1cnc(Cl)s1. The summed E-state index contributed by atoms with van der Waals surface area (Å²) in [5.41, 5.74) is 0.559. The van der Waals surface area contributed by atoms with Gasteiger partial charge >= 0.3 is 0 Å². The van der Waals surface area contributed by atoms with Crippen LogP contribution in [0.1, 0.15) is 10.4 Å². The molecule has 1 aromatic heterocycles. The molecule has 0 saturated heterocycles. The van der Waals surface area contributed by atoms with E-state index in [1.165, 1.54) is 23.5 Å². The Hall–Kier alpha value is -1.69. The third-order valence-corrected chi connectivity index (χ3v) is 4.11. The highest BCUT2D eigenvalue weighted by Crippen LogP contribution is 2.32. The lowest BCUT2D eigenvalue weighted by molar-refractivity contribution is -0.384. The molecule has 0 aliphatic heterocycles. The van der Waals surface area contributed by atoms with Crippen LogP contribution in [0.2, 0.25) is 4.47 Å². The maximum Gasteiger partial charge on any atom is 0.272 e. The van der Waals surface area contributed by atoms with Crippen molar-refractivity contribution in [1.29, 1.82) is 5.26 Å². The Morgan fingerprint density at radius 3 is 2.90 bits per heavy atom. The van der Waals surface area contributed by atoms with E-state index < -0.39 is 4.92 Å². The molecule has 1 heterocycles. The van der Waals surface area contributed by atoms with Gasteiger partial charge in [0.25, 0.3) is 5.69 Å². The number of nitro groups is 1. The van der Waals surface area contributed by atoms with Crippen LogP contribution in [0, 0.1) is 21.4 Å². The summed E-state index contributed by atoms with van der Waals surface area (Å²) in [6, 6.07) is 4.52. The molecule has 0 amide bonds. The summed E-state index contributed by atoms with van der Waals surface area (Å²) >= 11 is 10.3. The molecule has 102 valence electrons. The fourth-order valence-electron chi connectivity index (χ4n) is 1.51. The number of hydrogen-bond donors (Lipinski definition) is 1. The van der Waals surface area contributed by atoms with Gasteiger partial charge in [-0.25, -0.2) is 4.98 Å². The van der Waals surface area contributed by atoms with Crippen molar-refractivity contribution in [3.8, 4) is 6.07 Å². The number of halogens is 2. The maximum absolute atomic E-state index is 10.7. The summed E-state index contributed by atoms with van der Waals surface area (Å²) in [6.45, 7) is 0.426. The number of nitro benzene ring substituents is 1. The fourth-order valence-corrected chi connectivity index (χ4v) is 3.01. The first-order chi connectivity index (χ1) is 9.51. The molecule has 0 bridgehead atoms. The first-order valence-corrected chi connectivity index (χ1v) is 7.22. The van der Waals surface area contributed by atoms with E-state index in [1.54, 1.807) is 6.20 Å². The van der Waals surface area contributed by atoms with Crippen LogP contribution in [0.25, 0.3) is 0 Å². The molecule has 0 fully saturated rings. The highest BCUT2D eigenvalue weighted by molar-refractivity contribution is 9.10. The van der Waals surface area contributed by atoms with Gasteiger partial charge in [0.1, 0.15) is 6.07 Å². The van der Waals surface area contributed by atoms with Crippen LogP contribution in [0.15, 0.2) is 22.8 Å². The topological polar surface area (TPSA) is 91.8 Å². The minimum atomic E-state index is -0.543. The van der Waals surface area contributed by atoms with Crippen molar-refractivity contribution in [3.05, 3.63) is 47.8 Å². The van der Waals surface area contributed by atoms with Gasteiger partial charge in [0.15, 0.2) is 4.47 Å². The standard InChI is InChI=1S/C11H6BrClN4O2S/c12-9-2-7(17(18)19)1-6(3-14)10(9)15-4-8-5-16-11(13)20-8/h1-2,5,15H,4H2. The van der Waals surface area contributed by atoms with E-state index in [-0.39, 0.29) is 11.3 Å². The zero-order valence-corrected chi connectivity index (χ0v) is 12.9. The van der Waals surface area contributed by atoms with E-state index in [2.05, 4.69) is 26.2 Å². The molecule has 0 radical (unpaired) electrons. The number of non-ortho nitro benzene ring substituents is 1. The van der Waals surface area contributed by atoms with E-state index in [1.807, 2.05) is 6.07 Å². The molecule has 2 aromatic rings. The van der Waals surface area contributed by atoms with Crippen LogP contribution < -0.4 is 5.32 Å². The summed E-state index contributed by atoms with van der Waals surface area (Å²) in [6.07, 6.45) is 1.63. The third kappa shape index (κ3) is 3.25. The fraction of sp³-hybridized carbons (Fsp3) is 0.0909. The van der Waals surface area contributed by atoms with Crippen molar-refractivity contribution in [2.45, 2.75) is 6.54 Å². The van der Waals surface area contributed by atoms with Gasteiger partial charge in [-0.15, -0.1) is 11.3 Å². The average Bonchev–Trinajstić information content (AvgIpc) is 2.82. The minimum Gasteiger partial charge on any atom is -0.378 e. The van der Waals surface area contributed by atoms with E-state index >= 15 is 0 Å². The van der Waals surface area contributed by atoms with Gasteiger partial charge in [0.05, 0.1) is 22.7 Å². The predicted octanol–water partition coefficient (Wildman–Crippen LogP) is 3.95. The van der Waals surface area contributed by atoms with Crippen molar-refractivity contribution in [1.82, 2.24) is 4.98 Å². The highest BCUT2D eigenvalue weighted by Gasteiger charge is 2.15. The van der Waals surface area contributed by atoms with Crippen molar-refractivity contribution < 1.29 is 4.92 Å². The molecule has 1 N–H and O–H groups in total. The Labute approximate surface area is 131 Å². The van der Waals surface area contributed by atoms with Gasteiger partial charge in [-0.3, -0.25) is 10.1 Å². The second-order valence-corrected chi connectivity index (χ2v) is 6.20. The highest BCUT2D eigenvalue weighted by atomic mass is 79.9. The molecule has 1 aromatic carbocycles. The van der Waals surface area contributed by atoms with Gasteiger partial charge in [-0.1, -0.05) is 11.6 Å². The van der Waals surface area contributed by atoms with Gasteiger partial charge in [-0.05, 0) is 15.9 Å². The Kier molecular flexibility index (Phi) is 4.54. The lowest BCUT2D eigenvalue weighted by atomic mass is 10.1. The van der Waals surface area contributed by atoms with Crippen LogP contribution >= 0.6 is 38.9 Å². The van der Waals surface area contributed by atoms with Gasteiger partial charge < -0.3 is 5.32 Å². The molecule has 0 aliphatic rings. The Bertz CT molecular complexity index is 713. The van der Waals surface area contributed by atoms with Gasteiger partial charge in [0.2, 0.25) is 0 Å². The molecule has 0 aliphatic carbocycles. The predicted molar refractivity (Wildman–Crippen MR) is 80.0 cm³/mol. The van der Waals surface area contributed by atoms with Crippen molar-refractivity contribution in [3.63, 3.8) is 0 Å². The van der Waals surface area contributed by atoms with Crippen molar-refractivity contribution >= 4 is 50.2 Å². The number of aromatic nitrogens is 1. The summed E-state index contributed by atoms with van der Waals surface area (Å²) in [5.74, 6) is 0. The Balaban J connectivity index is 2.27. The number of nitrogens with one attached hydrogen (secondary N) is 1. The second kappa shape index (κ2) is 6.17. The largest absolute Gasteiger partial charge is 0.378 e. The molecular weight excluding hydrogens is 368 g/mol. The number of benzene rings is 1. The van der Waals surface area contributed by atoms with Gasteiger partial charge in [0, 0.05) is 27.7 Å². The summed E-state index contributed by atoms with van der Waals surface area (Å²) in [4.78, 5) is 15.0. The molecule has 20 heavy (non-hydrogen) atoms. The second-order valence-electron chi connectivity index (χ2n) is 3.65. The first kappa shape index (κ1) is 14.7. The molecule has 6 nitrogen and oxygen atoms in total.